The first-order valence-corrected chi connectivity index (χ1v) is 8.46. The highest BCUT2D eigenvalue weighted by Crippen LogP contribution is 2.37. The Balaban J connectivity index is 1.65. The Bertz CT molecular complexity index is 1050. The number of nitrogens with one attached hydrogen (secondary N) is 2. The van der Waals surface area contributed by atoms with E-state index in [4.69, 9.17) is 4.74 Å². The van der Waals surface area contributed by atoms with E-state index in [0.29, 0.717) is 35.7 Å². The number of hydrogen-bond donors (Lipinski definition) is 2. The molecule has 26 heavy (non-hydrogen) atoms. The number of amides is 1. The average molecular weight is 353 g/mol. The van der Waals surface area contributed by atoms with E-state index in [0.717, 1.165) is 11.1 Å². The summed E-state index contributed by atoms with van der Waals surface area (Å²) in [6.07, 6.45) is 3.56. The molecule has 2 atom stereocenters. The molecule has 132 valence electrons. The fourth-order valence-corrected chi connectivity index (χ4v) is 3.57. The lowest BCUT2D eigenvalue weighted by atomic mass is 10.0. The predicted octanol–water partition coefficient (Wildman–Crippen LogP) is 2.09. The summed E-state index contributed by atoms with van der Waals surface area (Å²) in [7, 11) is 0. The van der Waals surface area contributed by atoms with Gasteiger partial charge < -0.3 is 15.4 Å². The minimum atomic E-state index is -0.297. The zero-order valence-electron chi connectivity index (χ0n) is 14.0. The molecule has 5 rings (SSSR count). The van der Waals surface area contributed by atoms with Crippen molar-refractivity contribution in [2.24, 2.45) is 0 Å². The maximum atomic E-state index is 14.1. The summed E-state index contributed by atoms with van der Waals surface area (Å²) < 4.78 is 21.7. The van der Waals surface area contributed by atoms with Crippen LogP contribution < -0.4 is 15.4 Å². The standard InChI is InChI=1S/C18H16FN5O2/c1-9-13-6-11(19)4-10-5-12(26-16(10)13)7-20-18(25)14-8-21-24-3-2-15(22-9)23-17(14)24/h2-4,6,8-9,12H,5,7H2,1H3,(H,20,25)(H,22,23)/t9-,12-/m1/s1. The Kier molecular flexibility index (Phi) is 3.15. The van der Waals surface area contributed by atoms with Crippen LogP contribution in [0.4, 0.5) is 10.2 Å². The number of hydrogen-bond acceptors (Lipinski definition) is 5. The first-order chi connectivity index (χ1) is 12.6. The average Bonchev–Trinajstić information content (AvgIpc) is 3.21. The molecular weight excluding hydrogens is 337 g/mol. The quantitative estimate of drug-likeness (QED) is 0.647. The highest BCUT2D eigenvalue weighted by Gasteiger charge is 2.29. The zero-order valence-corrected chi connectivity index (χ0v) is 14.0. The predicted molar refractivity (Wildman–Crippen MR) is 91.9 cm³/mol. The minimum absolute atomic E-state index is 0.219. The molecule has 0 radical (unpaired) electrons. The van der Waals surface area contributed by atoms with Crippen molar-refractivity contribution < 1.29 is 13.9 Å². The number of halogens is 1. The second kappa shape index (κ2) is 5.42. The normalized spacial score (nSPS) is 21.4. The highest BCUT2D eigenvalue weighted by molar-refractivity contribution is 5.99. The van der Waals surface area contributed by atoms with Gasteiger partial charge in [0.2, 0.25) is 0 Å². The van der Waals surface area contributed by atoms with Gasteiger partial charge >= 0.3 is 0 Å². The van der Waals surface area contributed by atoms with E-state index in [2.05, 4.69) is 20.7 Å². The van der Waals surface area contributed by atoms with Gasteiger partial charge in [0.25, 0.3) is 5.91 Å². The fourth-order valence-electron chi connectivity index (χ4n) is 3.57. The van der Waals surface area contributed by atoms with Crippen LogP contribution >= 0.6 is 0 Å². The van der Waals surface area contributed by atoms with Crippen molar-refractivity contribution >= 4 is 17.4 Å². The number of benzene rings is 1. The molecule has 0 fully saturated rings. The molecule has 0 aliphatic carbocycles. The van der Waals surface area contributed by atoms with Gasteiger partial charge in [-0.1, -0.05) is 0 Å². The van der Waals surface area contributed by atoms with Gasteiger partial charge in [-0.2, -0.15) is 5.10 Å². The molecule has 4 heterocycles. The summed E-state index contributed by atoms with van der Waals surface area (Å²) in [6, 6.07) is 4.53. The maximum absolute atomic E-state index is 14.1. The summed E-state index contributed by atoms with van der Waals surface area (Å²) in [6.45, 7) is 2.26. The molecule has 2 aliphatic heterocycles. The number of carbonyl (C=O) groups excluding carboxylic acids is 1. The van der Waals surface area contributed by atoms with Crippen molar-refractivity contribution in [3.63, 3.8) is 0 Å². The molecule has 0 spiro atoms. The largest absolute Gasteiger partial charge is 0.488 e. The smallest absolute Gasteiger partial charge is 0.256 e. The summed E-state index contributed by atoms with van der Waals surface area (Å²) in [5.74, 6) is 0.706. The van der Waals surface area contributed by atoms with Crippen LogP contribution in [-0.4, -0.2) is 33.2 Å². The third kappa shape index (κ3) is 2.29. The molecule has 2 aromatic heterocycles. The van der Waals surface area contributed by atoms with Gasteiger partial charge in [0.05, 0.1) is 18.8 Å². The lowest BCUT2D eigenvalue weighted by Gasteiger charge is -2.18. The molecule has 2 aliphatic rings. The lowest BCUT2D eigenvalue weighted by molar-refractivity contribution is 0.0935. The summed E-state index contributed by atoms with van der Waals surface area (Å²) in [5, 5.41) is 10.3. The molecule has 1 amide bonds. The van der Waals surface area contributed by atoms with E-state index in [9.17, 15) is 9.18 Å². The van der Waals surface area contributed by atoms with Crippen molar-refractivity contribution in [2.75, 3.05) is 11.9 Å². The molecule has 0 saturated heterocycles. The third-order valence-electron chi connectivity index (χ3n) is 4.83. The second-order valence-corrected chi connectivity index (χ2v) is 6.64. The maximum Gasteiger partial charge on any atom is 0.256 e. The molecule has 2 N–H and O–H groups in total. The molecular formula is C18H16FN5O2. The van der Waals surface area contributed by atoms with Gasteiger partial charge in [-0.25, -0.2) is 13.9 Å². The molecule has 0 saturated carbocycles. The van der Waals surface area contributed by atoms with Gasteiger partial charge in [-0.15, -0.1) is 0 Å². The number of rotatable bonds is 0. The van der Waals surface area contributed by atoms with Crippen LogP contribution in [0.5, 0.6) is 5.75 Å². The van der Waals surface area contributed by atoms with Crippen molar-refractivity contribution in [2.45, 2.75) is 25.5 Å². The van der Waals surface area contributed by atoms with Crippen LogP contribution in [0.2, 0.25) is 0 Å². The highest BCUT2D eigenvalue weighted by atomic mass is 19.1. The number of nitrogens with zero attached hydrogens (tertiary/aromatic N) is 3. The van der Waals surface area contributed by atoms with E-state index in [1.807, 2.05) is 6.92 Å². The zero-order chi connectivity index (χ0) is 17.8. The van der Waals surface area contributed by atoms with E-state index >= 15 is 0 Å². The molecule has 1 aromatic carbocycles. The first kappa shape index (κ1) is 15.1. The van der Waals surface area contributed by atoms with E-state index in [-0.39, 0.29) is 23.9 Å². The van der Waals surface area contributed by atoms with Crippen molar-refractivity contribution in [3.05, 3.63) is 53.1 Å². The fraction of sp³-hybridized carbons (Fsp3) is 0.278. The van der Waals surface area contributed by atoms with E-state index in [1.165, 1.54) is 18.3 Å². The van der Waals surface area contributed by atoms with Crippen LogP contribution in [0.3, 0.4) is 0 Å². The number of aromatic nitrogens is 3. The SMILES string of the molecule is C[C@H]1Nc2ccn3ncc(c3n2)C(=O)NC[C@H]2Cc3cc(F)cc1c3O2. The van der Waals surface area contributed by atoms with Crippen molar-refractivity contribution in [3.8, 4) is 5.75 Å². The van der Waals surface area contributed by atoms with Crippen LogP contribution in [0.1, 0.15) is 34.5 Å². The monoisotopic (exact) mass is 353 g/mol. The van der Waals surface area contributed by atoms with Crippen LogP contribution in [-0.2, 0) is 6.42 Å². The van der Waals surface area contributed by atoms with Gasteiger partial charge in [0.1, 0.15) is 29.1 Å². The van der Waals surface area contributed by atoms with Crippen LogP contribution in [0.15, 0.2) is 30.6 Å². The third-order valence-corrected chi connectivity index (χ3v) is 4.83. The topological polar surface area (TPSA) is 80.5 Å². The lowest BCUT2D eigenvalue weighted by Crippen LogP contribution is -2.34. The minimum Gasteiger partial charge on any atom is -0.488 e. The van der Waals surface area contributed by atoms with E-state index < -0.39 is 0 Å². The van der Waals surface area contributed by atoms with Gasteiger partial charge in [-0.3, -0.25) is 4.79 Å². The molecule has 7 nitrogen and oxygen atoms in total. The number of anilines is 1. The molecule has 8 heteroatoms. The Morgan fingerprint density at radius 2 is 2.27 bits per heavy atom. The second-order valence-electron chi connectivity index (χ2n) is 6.64. The summed E-state index contributed by atoms with van der Waals surface area (Å²) in [5.41, 5.74) is 2.43. The molecule has 4 bridgehead atoms. The first-order valence-electron chi connectivity index (χ1n) is 8.46. The van der Waals surface area contributed by atoms with Gasteiger partial charge in [0.15, 0.2) is 5.65 Å². The van der Waals surface area contributed by atoms with Gasteiger partial charge in [0, 0.05) is 23.7 Å². The summed E-state index contributed by atoms with van der Waals surface area (Å²) in [4.78, 5) is 17.0. The number of ether oxygens (including phenoxy) is 1. The number of fused-ring (bicyclic) bond motifs is 2. The number of carbonyl (C=O) groups is 1. The van der Waals surface area contributed by atoms with Crippen LogP contribution in [0.25, 0.3) is 5.65 Å². The van der Waals surface area contributed by atoms with Crippen molar-refractivity contribution in [1.29, 1.82) is 0 Å². The Morgan fingerprint density at radius 1 is 1.38 bits per heavy atom. The van der Waals surface area contributed by atoms with Crippen LogP contribution in [0, 0.1) is 5.82 Å². The summed E-state index contributed by atoms with van der Waals surface area (Å²) >= 11 is 0. The molecule has 0 unspecified atom stereocenters. The Labute approximate surface area is 148 Å². The molecule has 3 aromatic rings. The van der Waals surface area contributed by atoms with Crippen molar-refractivity contribution in [1.82, 2.24) is 19.9 Å². The van der Waals surface area contributed by atoms with E-state index in [1.54, 1.807) is 16.8 Å². The Morgan fingerprint density at radius 3 is 3.15 bits per heavy atom. The Hall–Kier alpha value is -3.16. The van der Waals surface area contributed by atoms with Gasteiger partial charge in [-0.05, 0) is 25.1 Å².